The molecule has 0 radical (unpaired) electrons. The standard InChI is InChI=1S/C27H34N8O3/c1-3-22(9-12-38-2)33-23(36)17-35-16-20(15-32-35)24(37)34-25(28)27(10-4-11-27)21-7-5-18(6-8-21)19-13-30-26(29)31-14-19/h5-8,13-16,22H,3-4,9-12,17H2,1-2H3,(H,33,36)(H2,28,34,37)(H2,29,30,31). The third-order valence-corrected chi connectivity index (χ3v) is 7.08. The number of rotatable bonds is 11. The van der Waals surface area contributed by atoms with Crippen molar-refractivity contribution in [3.63, 3.8) is 0 Å². The van der Waals surface area contributed by atoms with Gasteiger partial charge in [-0.3, -0.25) is 14.3 Å². The monoisotopic (exact) mass is 518 g/mol. The zero-order chi connectivity index (χ0) is 27.1. The van der Waals surface area contributed by atoms with Gasteiger partial charge in [-0.15, -0.1) is 0 Å². The number of amidine groups is 1. The fourth-order valence-electron chi connectivity index (χ4n) is 4.59. The summed E-state index contributed by atoms with van der Waals surface area (Å²) in [4.78, 5) is 37.7. The first kappa shape index (κ1) is 26.9. The maximum absolute atomic E-state index is 12.9. The molecule has 11 heteroatoms. The largest absolute Gasteiger partial charge is 0.386 e. The molecule has 3 aromatic rings. The van der Waals surface area contributed by atoms with Crippen LogP contribution >= 0.6 is 0 Å². The summed E-state index contributed by atoms with van der Waals surface area (Å²) in [5, 5.41) is 7.13. The molecular formula is C27H34N8O3. The van der Waals surface area contributed by atoms with Crippen molar-refractivity contribution in [1.82, 2.24) is 25.1 Å². The fraction of sp³-hybridized carbons (Fsp3) is 0.407. The first-order valence-electron chi connectivity index (χ1n) is 12.7. The van der Waals surface area contributed by atoms with Crippen LogP contribution in [0.2, 0.25) is 0 Å². The Hall–Kier alpha value is -4.12. The van der Waals surface area contributed by atoms with Gasteiger partial charge in [-0.2, -0.15) is 10.1 Å². The molecule has 0 aliphatic heterocycles. The number of hydrogen-bond acceptors (Lipinski definition) is 7. The van der Waals surface area contributed by atoms with E-state index in [4.69, 9.17) is 16.2 Å². The van der Waals surface area contributed by atoms with Gasteiger partial charge in [-0.25, -0.2) is 9.97 Å². The van der Waals surface area contributed by atoms with Gasteiger partial charge in [0, 0.05) is 43.9 Å². The molecule has 11 nitrogen and oxygen atoms in total. The van der Waals surface area contributed by atoms with Crippen molar-refractivity contribution in [2.45, 2.75) is 57.0 Å². The van der Waals surface area contributed by atoms with Crippen molar-refractivity contribution in [2.24, 2.45) is 10.7 Å². The molecule has 0 spiro atoms. The van der Waals surface area contributed by atoms with Crippen LogP contribution in [0.5, 0.6) is 0 Å². The topological polar surface area (TPSA) is 163 Å². The number of nitrogen functional groups attached to an aromatic ring is 1. The summed E-state index contributed by atoms with van der Waals surface area (Å²) in [5.41, 5.74) is 14.6. The zero-order valence-electron chi connectivity index (χ0n) is 21.8. The molecule has 2 amide bonds. The van der Waals surface area contributed by atoms with Gasteiger partial charge in [0.05, 0.1) is 17.2 Å². The average Bonchev–Trinajstić information content (AvgIpc) is 3.35. The Morgan fingerprint density at radius 1 is 1.16 bits per heavy atom. The van der Waals surface area contributed by atoms with Crippen LogP contribution in [-0.2, 0) is 21.5 Å². The predicted octanol–water partition coefficient (Wildman–Crippen LogP) is 2.47. The van der Waals surface area contributed by atoms with Crippen molar-refractivity contribution < 1.29 is 14.3 Å². The molecule has 1 aromatic carbocycles. The van der Waals surface area contributed by atoms with Crippen molar-refractivity contribution in [2.75, 3.05) is 19.5 Å². The quantitative estimate of drug-likeness (QED) is 0.257. The van der Waals surface area contributed by atoms with Gasteiger partial charge in [-0.1, -0.05) is 37.6 Å². The SMILES string of the molecule is CCC(CCOC)NC(=O)Cn1cc(C(=O)N=C(N)C2(c3ccc(-c4cnc(N)nc4)cc3)CCC2)cn1. The van der Waals surface area contributed by atoms with E-state index in [0.717, 1.165) is 48.8 Å². The molecule has 1 atom stereocenters. The molecule has 0 saturated heterocycles. The van der Waals surface area contributed by atoms with E-state index in [9.17, 15) is 9.59 Å². The minimum atomic E-state index is -0.487. The number of carbonyl (C=O) groups excluding carboxylic acids is 2. The fourth-order valence-corrected chi connectivity index (χ4v) is 4.59. The Morgan fingerprint density at radius 2 is 1.87 bits per heavy atom. The van der Waals surface area contributed by atoms with Gasteiger partial charge >= 0.3 is 0 Å². The van der Waals surface area contributed by atoms with Gasteiger partial charge in [-0.05, 0) is 36.8 Å². The van der Waals surface area contributed by atoms with E-state index in [2.05, 4.69) is 25.4 Å². The van der Waals surface area contributed by atoms with Crippen LogP contribution in [-0.4, -0.2) is 57.2 Å². The number of nitrogens with two attached hydrogens (primary N) is 2. The number of nitrogens with one attached hydrogen (secondary N) is 1. The summed E-state index contributed by atoms with van der Waals surface area (Å²) in [6.45, 7) is 2.58. The molecule has 1 aliphatic rings. The Bertz CT molecular complexity index is 1280. The van der Waals surface area contributed by atoms with Crippen LogP contribution < -0.4 is 16.8 Å². The lowest BCUT2D eigenvalue weighted by Gasteiger charge is -2.41. The number of ether oxygens (including phenoxy) is 1. The summed E-state index contributed by atoms with van der Waals surface area (Å²) in [5.74, 6) is -0.154. The molecule has 5 N–H and O–H groups in total. The van der Waals surface area contributed by atoms with Gasteiger partial charge in [0.15, 0.2) is 0 Å². The zero-order valence-corrected chi connectivity index (χ0v) is 21.8. The lowest BCUT2D eigenvalue weighted by atomic mass is 9.63. The number of aromatic nitrogens is 4. The number of nitrogens with zero attached hydrogens (tertiary/aromatic N) is 5. The van der Waals surface area contributed by atoms with E-state index in [1.165, 1.54) is 17.1 Å². The molecule has 0 bridgehead atoms. The maximum atomic E-state index is 12.9. The second-order valence-corrected chi connectivity index (χ2v) is 9.53. The number of anilines is 1. The van der Waals surface area contributed by atoms with Crippen LogP contribution in [0.15, 0.2) is 54.0 Å². The second kappa shape index (κ2) is 12.0. The summed E-state index contributed by atoms with van der Waals surface area (Å²) >= 11 is 0. The highest BCUT2D eigenvalue weighted by molar-refractivity contribution is 6.06. The van der Waals surface area contributed by atoms with Crippen LogP contribution in [0, 0.1) is 0 Å². The highest BCUT2D eigenvalue weighted by Crippen LogP contribution is 2.44. The van der Waals surface area contributed by atoms with E-state index in [1.54, 1.807) is 19.5 Å². The van der Waals surface area contributed by atoms with Crippen molar-refractivity contribution in [3.8, 4) is 11.1 Å². The van der Waals surface area contributed by atoms with Crippen molar-refractivity contribution in [3.05, 3.63) is 60.2 Å². The summed E-state index contributed by atoms with van der Waals surface area (Å²) in [7, 11) is 1.63. The highest BCUT2D eigenvalue weighted by atomic mass is 16.5. The van der Waals surface area contributed by atoms with Gasteiger partial charge in [0.2, 0.25) is 11.9 Å². The summed E-state index contributed by atoms with van der Waals surface area (Å²) < 4.78 is 6.52. The average molecular weight is 519 g/mol. The maximum Gasteiger partial charge on any atom is 0.281 e. The predicted molar refractivity (Wildman–Crippen MR) is 144 cm³/mol. The van der Waals surface area contributed by atoms with Crippen LogP contribution in [0.25, 0.3) is 11.1 Å². The first-order chi connectivity index (χ1) is 18.3. The van der Waals surface area contributed by atoms with E-state index < -0.39 is 11.3 Å². The Balaban J connectivity index is 1.43. The lowest BCUT2D eigenvalue weighted by Crippen LogP contribution is -2.47. The molecule has 2 heterocycles. The van der Waals surface area contributed by atoms with Crippen LogP contribution in [0.4, 0.5) is 5.95 Å². The van der Waals surface area contributed by atoms with E-state index in [-0.39, 0.29) is 35.8 Å². The minimum Gasteiger partial charge on any atom is -0.386 e. The first-order valence-corrected chi connectivity index (χ1v) is 12.7. The van der Waals surface area contributed by atoms with E-state index in [0.29, 0.717) is 6.61 Å². The molecule has 1 fully saturated rings. The van der Waals surface area contributed by atoms with Crippen molar-refractivity contribution in [1.29, 1.82) is 0 Å². The Labute approximate surface area is 221 Å². The Morgan fingerprint density at radius 3 is 2.47 bits per heavy atom. The van der Waals surface area contributed by atoms with E-state index >= 15 is 0 Å². The van der Waals surface area contributed by atoms with Crippen LogP contribution in [0.1, 0.15) is 54.9 Å². The molecule has 38 heavy (non-hydrogen) atoms. The molecule has 1 unspecified atom stereocenters. The number of aliphatic imine (C=N–C) groups is 1. The smallest absolute Gasteiger partial charge is 0.281 e. The summed E-state index contributed by atoms with van der Waals surface area (Å²) in [6, 6.07) is 7.99. The Kier molecular flexibility index (Phi) is 8.47. The van der Waals surface area contributed by atoms with Crippen molar-refractivity contribution >= 4 is 23.6 Å². The molecule has 1 saturated carbocycles. The third kappa shape index (κ3) is 6.05. The van der Waals surface area contributed by atoms with Gasteiger partial charge in [0.1, 0.15) is 12.4 Å². The molecule has 200 valence electrons. The lowest BCUT2D eigenvalue weighted by molar-refractivity contribution is -0.122. The van der Waals surface area contributed by atoms with Crippen LogP contribution in [0.3, 0.4) is 0 Å². The molecule has 2 aromatic heterocycles. The number of carbonyl (C=O) groups is 2. The third-order valence-electron chi connectivity index (χ3n) is 7.08. The number of methoxy groups -OCH3 is 1. The van der Waals surface area contributed by atoms with Gasteiger partial charge < -0.3 is 21.5 Å². The normalized spacial score (nSPS) is 15.5. The molecular weight excluding hydrogens is 484 g/mol. The molecule has 4 rings (SSSR count). The number of hydrogen-bond donors (Lipinski definition) is 3. The highest BCUT2D eigenvalue weighted by Gasteiger charge is 2.43. The number of benzene rings is 1. The van der Waals surface area contributed by atoms with Gasteiger partial charge in [0.25, 0.3) is 5.91 Å². The minimum absolute atomic E-state index is 0.00525. The molecule has 1 aliphatic carbocycles. The van der Waals surface area contributed by atoms with E-state index in [1.807, 2.05) is 31.2 Å². The second-order valence-electron chi connectivity index (χ2n) is 9.53. The summed E-state index contributed by atoms with van der Waals surface area (Å²) in [6.07, 6.45) is 10.4. The number of amides is 2.